The molecule has 1 aliphatic heterocycles. The van der Waals surface area contributed by atoms with E-state index in [4.69, 9.17) is 9.72 Å². The topological polar surface area (TPSA) is 54.5 Å². The Morgan fingerprint density at radius 2 is 2.26 bits per heavy atom. The average Bonchev–Trinajstić information content (AvgIpc) is 2.95. The fraction of sp³-hybridized carbons (Fsp3) is 0.765. The second kappa shape index (κ2) is 7.62. The SMILES string of the molecule is Cc1nc2c(s1)CCC[C@H]2CN(C)C(=O)NC[C@H]1CCCCO1. The van der Waals surface area contributed by atoms with Crippen LogP contribution in [0.2, 0.25) is 0 Å². The van der Waals surface area contributed by atoms with Crippen molar-refractivity contribution in [3.8, 4) is 0 Å². The van der Waals surface area contributed by atoms with Gasteiger partial charge in [0.05, 0.1) is 16.8 Å². The van der Waals surface area contributed by atoms with Crippen molar-refractivity contribution in [1.82, 2.24) is 15.2 Å². The Hall–Kier alpha value is -1.14. The number of carbonyl (C=O) groups is 1. The van der Waals surface area contributed by atoms with Gasteiger partial charge in [-0.2, -0.15) is 0 Å². The Balaban J connectivity index is 1.50. The molecule has 6 heteroatoms. The molecule has 0 saturated carbocycles. The molecule has 2 amide bonds. The second-order valence-corrected chi connectivity index (χ2v) is 7.97. The number of likely N-dealkylation sites (N-methyl/N-ethyl adjacent to an activating group) is 1. The molecule has 1 aromatic heterocycles. The van der Waals surface area contributed by atoms with E-state index in [1.54, 1.807) is 4.90 Å². The van der Waals surface area contributed by atoms with Crippen LogP contribution >= 0.6 is 11.3 Å². The Labute approximate surface area is 142 Å². The number of thiazole rings is 1. The van der Waals surface area contributed by atoms with E-state index in [0.717, 1.165) is 43.8 Å². The fourth-order valence-corrected chi connectivity index (χ4v) is 4.59. The van der Waals surface area contributed by atoms with E-state index in [0.29, 0.717) is 12.5 Å². The molecule has 1 fully saturated rings. The largest absolute Gasteiger partial charge is 0.376 e. The molecule has 0 bridgehead atoms. The molecule has 1 N–H and O–H groups in total. The van der Waals surface area contributed by atoms with Crippen LogP contribution in [0.15, 0.2) is 0 Å². The van der Waals surface area contributed by atoms with Crippen LogP contribution in [0.3, 0.4) is 0 Å². The summed E-state index contributed by atoms with van der Waals surface area (Å²) < 4.78 is 5.67. The first kappa shape index (κ1) is 16.7. The first-order valence-corrected chi connectivity index (χ1v) is 9.52. The van der Waals surface area contributed by atoms with Crippen LogP contribution in [0.5, 0.6) is 0 Å². The highest BCUT2D eigenvalue weighted by atomic mass is 32.1. The molecule has 1 aliphatic carbocycles. The number of nitrogens with one attached hydrogen (secondary N) is 1. The summed E-state index contributed by atoms with van der Waals surface area (Å²) in [5, 5.41) is 4.16. The van der Waals surface area contributed by atoms with Crippen LogP contribution in [0.25, 0.3) is 0 Å². The van der Waals surface area contributed by atoms with Crippen molar-refractivity contribution in [1.29, 1.82) is 0 Å². The van der Waals surface area contributed by atoms with E-state index in [2.05, 4.69) is 12.2 Å². The predicted octanol–water partition coefficient (Wildman–Crippen LogP) is 3.08. The molecule has 0 spiro atoms. The quantitative estimate of drug-likeness (QED) is 0.918. The van der Waals surface area contributed by atoms with E-state index < -0.39 is 0 Å². The van der Waals surface area contributed by atoms with E-state index in [1.807, 2.05) is 18.4 Å². The molecule has 2 aliphatic rings. The zero-order valence-corrected chi connectivity index (χ0v) is 15.0. The lowest BCUT2D eigenvalue weighted by atomic mass is 9.90. The first-order chi connectivity index (χ1) is 11.1. The van der Waals surface area contributed by atoms with Crippen LogP contribution < -0.4 is 5.32 Å². The van der Waals surface area contributed by atoms with E-state index in [9.17, 15) is 4.79 Å². The summed E-state index contributed by atoms with van der Waals surface area (Å²) >= 11 is 1.81. The Morgan fingerprint density at radius 1 is 1.39 bits per heavy atom. The minimum Gasteiger partial charge on any atom is -0.376 e. The summed E-state index contributed by atoms with van der Waals surface area (Å²) in [5.74, 6) is 0.380. The molecular weight excluding hydrogens is 310 g/mol. The Morgan fingerprint density at radius 3 is 3.04 bits per heavy atom. The second-order valence-electron chi connectivity index (χ2n) is 6.69. The lowest BCUT2D eigenvalue weighted by molar-refractivity contribution is 0.0178. The van der Waals surface area contributed by atoms with Crippen molar-refractivity contribution in [2.75, 3.05) is 26.7 Å². The minimum atomic E-state index is -0.00162. The number of urea groups is 1. The number of aromatic nitrogens is 1. The van der Waals surface area contributed by atoms with Gasteiger partial charge < -0.3 is 15.0 Å². The van der Waals surface area contributed by atoms with Gasteiger partial charge >= 0.3 is 6.03 Å². The van der Waals surface area contributed by atoms with Gasteiger partial charge in [0, 0.05) is 37.5 Å². The number of nitrogens with zero attached hydrogens (tertiary/aromatic N) is 2. The number of aryl methyl sites for hydroxylation is 2. The summed E-state index contributed by atoms with van der Waals surface area (Å²) in [6.07, 6.45) is 7.04. The molecule has 2 heterocycles. The molecular formula is C17H27N3O2S. The number of rotatable bonds is 4. The lowest BCUT2D eigenvalue weighted by Crippen LogP contribution is -2.43. The molecule has 0 aromatic carbocycles. The third kappa shape index (κ3) is 4.23. The van der Waals surface area contributed by atoms with Crippen molar-refractivity contribution >= 4 is 17.4 Å². The van der Waals surface area contributed by atoms with E-state index in [1.165, 1.54) is 23.4 Å². The van der Waals surface area contributed by atoms with Gasteiger partial charge in [0.15, 0.2) is 0 Å². The minimum absolute atomic E-state index is 0.00162. The van der Waals surface area contributed by atoms with E-state index in [-0.39, 0.29) is 12.1 Å². The van der Waals surface area contributed by atoms with Gasteiger partial charge in [0.1, 0.15) is 0 Å². The average molecular weight is 337 g/mol. The van der Waals surface area contributed by atoms with Crippen LogP contribution in [0, 0.1) is 6.92 Å². The summed E-state index contributed by atoms with van der Waals surface area (Å²) in [5.41, 5.74) is 1.23. The normalized spacial score (nSPS) is 24.1. The Kier molecular flexibility index (Phi) is 5.54. The summed E-state index contributed by atoms with van der Waals surface area (Å²) in [6.45, 7) is 4.26. The highest BCUT2D eigenvalue weighted by molar-refractivity contribution is 7.11. The van der Waals surface area contributed by atoms with Crippen LogP contribution in [-0.2, 0) is 11.2 Å². The zero-order valence-electron chi connectivity index (χ0n) is 14.1. The van der Waals surface area contributed by atoms with Gasteiger partial charge in [-0.3, -0.25) is 0 Å². The monoisotopic (exact) mass is 337 g/mol. The van der Waals surface area contributed by atoms with Gasteiger partial charge in [-0.05, 0) is 45.4 Å². The van der Waals surface area contributed by atoms with Crippen molar-refractivity contribution in [3.63, 3.8) is 0 Å². The van der Waals surface area contributed by atoms with E-state index >= 15 is 0 Å². The van der Waals surface area contributed by atoms with Gasteiger partial charge in [-0.1, -0.05) is 0 Å². The third-order valence-corrected chi connectivity index (χ3v) is 5.82. The van der Waals surface area contributed by atoms with Crippen LogP contribution in [-0.4, -0.2) is 48.8 Å². The smallest absolute Gasteiger partial charge is 0.317 e. The molecule has 3 rings (SSSR count). The summed E-state index contributed by atoms with van der Waals surface area (Å²) in [7, 11) is 1.88. The van der Waals surface area contributed by atoms with Crippen LogP contribution in [0.4, 0.5) is 4.79 Å². The number of hydrogen-bond donors (Lipinski definition) is 1. The van der Waals surface area contributed by atoms with Crippen molar-refractivity contribution in [3.05, 3.63) is 15.6 Å². The lowest BCUT2D eigenvalue weighted by Gasteiger charge is -2.28. The molecule has 0 radical (unpaired) electrons. The number of fused-ring (bicyclic) bond motifs is 1. The maximum atomic E-state index is 12.3. The van der Waals surface area contributed by atoms with Gasteiger partial charge in [-0.15, -0.1) is 11.3 Å². The molecule has 128 valence electrons. The standard InChI is InChI=1S/C17H27N3O2S/c1-12-19-16-13(6-5-8-15(16)23-12)11-20(2)17(21)18-10-14-7-3-4-9-22-14/h13-14H,3-11H2,1-2H3,(H,18,21)/t13-,14+/m0/s1. The number of ether oxygens (including phenoxy) is 1. The van der Waals surface area contributed by atoms with Crippen molar-refractivity contribution < 1.29 is 9.53 Å². The van der Waals surface area contributed by atoms with Crippen molar-refractivity contribution in [2.45, 2.75) is 57.5 Å². The maximum absolute atomic E-state index is 12.3. The van der Waals surface area contributed by atoms with Gasteiger partial charge in [0.2, 0.25) is 0 Å². The summed E-state index contributed by atoms with van der Waals surface area (Å²) in [4.78, 5) is 20.2. The number of amides is 2. The van der Waals surface area contributed by atoms with Gasteiger partial charge in [-0.25, -0.2) is 9.78 Å². The Bertz CT molecular complexity index is 540. The molecule has 0 unspecified atom stereocenters. The molecule has 1 saturated heterocycles. The molecule has 1 aromatic rings. The molecule has 5 nitrogen and oxygen atoms in total. The van der Waals surface area contributed by atoms with Crippen molar-refractivity contribution in [2.24, 2.45) is 0 Å². The fourth-order valence-electron chi connectivity index (χ4n) is 3.52. The number of carbonyl (C=O) groups excluding carboxylic acids is 1. The molecule has 23 heavy (non-hydrogen) atoms. The predicted molar refractivity (Wildman–Crippen MR) is 92.1 cm³/mol. The summed E-state index contributed by atoms with van der Waals surface area (Å²) in [6, 6.07) is -0.00162. The highest BCUT2D eigenvalue weighted by Crippen LogP contribution is 2.34. The zero-order chi connectivity index (χ0) is 16.2. The number of hydrogen-bond acceptors (Lipinski definition) is 4. The first-order valence-electron chi connectivity index (χ1n) is 8.70. The van der Waals surface area contributed by atoms with Gasteiger partial charge in [0.25, 0.3) is 0 Å². The highest BCUT2D eigenvalue weighted by Gasteiger charge is 2.26. The van der Waals surface area contributed by atoms with Crippen LogP contribution in [0.1, 0.15) is 53.6 Å². The molecule has 2 atom stereocenters. The third-order valence-electron chi connectivity index (χ3n) is 4.77. The maximum Gasteiger partial charge on any atom is 0.317 e.